The minimum absolute atomic E-state index is 0.189. The molecule has 1 N–H and O–H groups in total. The minimum Gasteiger partial charge on any atom is -0.497 e. The Balaban J connectivity index is 3.18. The number of benzene rings is 1. The van der Waals surface area contributed by atoms with E-state index in [-0.39, 0.29) is 12.5 Å². The quantitative estimate of drug-likeness (QED) is 0.800. The first-order chi connectivity index (χ1) is 6.60. The molecule has 78 valence electrons. The summed E-state index contributed by atoms with van der Waals surface area (Å²) in [4.78, 5) is 0. The molecular weight excluding hydrogens is 176 g/mol. The highest BCUT2D eigenvalue weighted by Gasteiger charge is 2.11. The van der Waals surface area contributed by atoms with Crippen molar-refractivity contribution in [2.75, 3.05) is 13.7 Å². The Morgan fingerprint density at radius 1 is 1.29 bits per heavy atom. The number of ether oxygens (including phenoxy) is 1. The highest BCUT2D eigenvalue weighted by atomic mass is 16.5. The van der Waals surface area contributed by atoms with Crippen LogP contribution < -0.4 is 4.74 Å². The minimum atomic E-state index is 0.189. The third-order valence-electron chi connectivity index (χ3n) is 2.57. The van der Waals surface area contributed by atoms with Gasteiger partial charge in [0.1, 0.15) is 5.75 Å². The molecule has 1 rings (SSSR count). The molecule has 0 fully saturated rings. The second kappa shape index (κ2) is 4.47. The standard InChI is InChI=1S/C12H18O2/c1-8-5-11(14-4)6-9(2)12(8)10(3)7-13/h5-6,10,13H,7H2,1-4H3. The molecule has 14 heavy (non-hydrogen) atoms. The normalized spacial score (nSPS) is 12.6. The van der Waals surface area contributed by atoms with E-state index in [0.717, 1.165) is 5.75 Å². The van der Waals surface area contributed by atoms with Crippen molar-refractivity contribution in [3.05, 3.63) is 28.8 Å². The summed E-state index contributed by atoms with van der Waals surface area (Å²) in [6, 6.07) is 4.02. The van der Waals surface area contributed by atoms with Crippen LogP contribution in [0, 0.1) is 13.8 Å². The van der Waals surface area contributed by atoms with Crippen LogP contribution >= 0.6 is 0 Å². The highest BCUT2D eigenvalue weighted by molar-refractivity contribution is 5.42. The lowest BCUT2D eigenvalue weighted by Crippen LogP contribution is -2.04. The predicted molar refractivity (Wildman–Crippen MR) is 58.0 cm³/mol. The highest BCUT2D eigenvalue weighted by Crippen LogP contribution is 2.27. The smallest absolute Gasteiger partial charge is 0.119 e. The maximum Gasteiger partial charge on any atom is 0.119 e. The molecule has 0 aliphatic carbocycles. The Kier molecular flexibility index (Phi) is 3.53. The predicted octanol–water partition coefficient (Wildman–Crippen LogP) is 2.41. The van der Waals surface area contributed by atoms with Crippen LogP contribution in [0.25, 0.3) is 0 Å². The molecule has 1 aromatic rings. The molecule has 0 aromatic heterocycles. The summed E-state index contributed by atoms with van der Waals surface area (Å²) >= 11 is 0. The second-order valence-electron chi connectivity index (χ2n) is 3.76. The van der Waals surface area contributed by atoms with E-state index in [1.165, 1.54) is 16.7 Å². The number of aliphatic hydroxyl groups is 1. The fourth-order valence-corrected chi connectivity index (χ4v) is 1.92. The topological polar surface area (TPSA) is 29.5 Å². The first-order valence-electron chi connectivity index (χ1n) is 4.86. The van der Waals surface area contributed by atoms with Gasteiger partial charge in [-0.3, -0.25) is 0 Å². The van der Waals surface area contributed by atoms with E-state index in [2.05, 4.69) is 13.8 Å². The molecular formula is C12H18O2. The van der Waals surface area contributed by atoms with Gasteiger partial charge in [0.25, 0.3) is 0 Å². The lowest BCUT2D eigenvalue weighted by atomic mass is 9.92. The molecule has 2 nitrogen and oxygen atoms in total. The third-order valence-corrected chi connectivity index (χ3v) is 2.57. The van der Waals surface area contributed by atoms with Gasteiger partial charge in [-0.05, 0) is 42.7 Å². The van der Waals surface area contributed by atoms with E-state index in [4.69, 9.17) is 9.84 Å². The first kappa shape index (κ1) is 11.1. The Morgan fingerprint density at radius 2 is 1.79 bits per heavy atom. The lowest BCUT2D eigenvalue weighted by Gasteiger charge is -2.16. The molecule has 0 heterocycles. The molecule has 0 amide bonds. The van der Waals surface area contributed by atoms with Crippen LogP contribution in [0.2, 0.25) is 0 Å². The maximum absolute atomic E-state index is 9.13. The zero-order valence-corrected chi connectivity index (χ0v) is 9.29. The van der Waals surface area contributed by atoms with Crippen molar-refractivity contribution in [1.82, 2.24) is 0 Å². The Bertz CT molecular complexity index is 295. The van der Waals surface area contributed by atoms with Gasteiger partial charge in [-0.2, -0.15) is 0 Å². The molecule has 0 spiro atoms. The zero-order chi connectivity index (χ0) is 10.7. The maximum atomic E-state index is 9.13. The summed E-state index contributed by atoms with van der Waals surface area (Å²) in [5.41, 5.74) is 3.60. The van der Waals surface area contributed by atoms with Gasteiger partial charge in [-0.1, -0.05) is 6.92 Å². The fraction of sp³-hybridized carbons (Fsp3) is 0.500. The van der Waals surface area contributed by atoms with Crippen LogP contribution in [0.15, 0.2) is 12.1 Å². The van der Waals surface area contributed by atoms with Gasteiger partial charge in [0.2, 0.25) is 0 Å². The van der Waals surface area contributed by atoms with Gasteiger partial charge in [-0.25, -0.2) is 0 Å². The number of rotatable bonds is 3. The third kappa shape index (κ3) is 2.07. The van der Waals surface area contributed by atoms with Gasteiger partial charge in [-0.15, -0.1) is 0 Å². The molecule has 0 saturated carbocycles. The monoisotopic (exact) mass is 194 g/mol. The molecule has 0 aliphatic heterocycles. The summed E-state index contributed by atoms with van der Waals surface area (Å²) in [7, 11) is 1.67. The Labute approximate surface area is 85.5 Å². The van der Waals surface area contributed by atoms with Crippen molar-refractivity contribution < 1.29 is 9.84 Å². The molecule has 2 heteroatoms. The van der Waals surface area contributed by atoms with Gasteiger partial charge in [0, 0.05) is 12.5 Å². The fourth-order valence-electron chi connectivity index (χ4n) is 1.92. The summed E-state index contributed by atoms with van der Waals surface area (Å²) in [6.07, 6.45) is 0. The Morgan fingerprint density at radius 3 is 2.14 bits per heavy atom. The van der Waals surface area contributed by atoms with E-state index in [1.807, 2.05) is 19.1 Å². The number of aryl methyl sites for hydroxylation is 2. The van der Waals surface area contributed by atoms with Crippen molar-refractivity contribution in [2.45, 2.75) is 26.7 Å². The molecule has 1 aromatic carbocycles. The largest absolute Gasteiger partial charge is 0.497 e. The van der Waals surface area contributed by atoms with Crippen molar-refractivity contribution in [3.8, 4) is 5.75 Å². The molecule has 0 radical (unpaired) electrons. The van der Waals surface area contributed by atoms with E-state index in [9.17, 15) is 0 Å². The van der Waals surface area contributed by atoms with Crippen LogP contribution in [0.1, 0.15) is 29.5 Å². The average molecular weight is 194 g/mol. The summed E-state index contributed by atoms with van der Waals surface area (Å²) in [6.45, 7) is 6.32. The second-order valence-corrected chi connectivity index (χ2v) is 3.76. The van der Waals surface area contributed by atoms with E-state index in [0.29, 0.717) is 0 Å². The number of hydrogen-bond donors (Lipinski definition) is 1. The zero-order valence-electron chi connectivity index (χ0n) is 9.29. The molecule has 1 atom stereocenters. The van der Waals surface area contributed by atoms with E-state index in [1.54, 1.807) is 7.11 Å². The summed E-state index contributed by atoms with van der Waals surface area (Å²) < 4.78 is 5.18. The molecule has 0 saturated heterocycles. The van der Waals surface area contributed by atoms with Crippen molar-refractivity contribution in [3.63, 3.8) is 0 Å². The van der Waals surface area contributed by atoms with Gasteiger partial charge in [0.15, 0.2) is 0 Å². The molecule has 0 bridgehead atoms. The van der Waals surface area contributed by atoms with Gasteiger partial charge >= 0.3 is 0 Å². The van der Waals surface area contributed by atoms with Crippen molar-refractivity contribution >= 4 is 0 Å². The summed E-state index contributed by atoms with van der Waals surface area (Å²) in [5.74, 6) is 1.08. The van der Waals surface area contributed by atoms with Crippen LogP contribution in [0.3, 0.4) is 0 Å². The average Bonchev–Trinajstić information content (AvgIpc) is 2.16. The number of hydrogen-bond acceptors (Lipinski definition) is 2. The van der Waals surface area contributed by atoms with Crippen LogP contribution in [0.5, 0.6) is 5.75 Å². The summed E-state index contributed by atoms with van der Waals surface area (Å²) in [5, 5.41) is 9.13. The van der Waals surface area contributed by atoms with Crippen molar-refractivity contribution in [2.24, 2.45) is 0 Å². The van der Waals surface area contributed by atoms with Crippen LogP contribution in [0.4, 0.5) is 0 Å². The van der Waals surface area contributed by atoms with Crippen LogP contribution in [-0.2, 0) is 0 Å². The van der Waals surface area contributed by atoms with Gasteiger partial charge in [0.05, 0.1) is 7.11 Å². The number of aliphatic hydroxyl groups excluding tert-OH is 1. The SMILES string of the molecule is COc1cc(C)c(C(C)CO)c(C)c1. The van der Waals surface area contributed by atoms with E-state index < -0.39 is 0 Å². The van der Waals surface area contributed by atoms with E-state index >= 15 is 0 Å². The van der Waals surface area contributed by atoms with Crippen LogP contribution in [-0.4, -0.2) is 18.8 Å². The molecule has 0 aliphatic rings. The van der Waals surface area contributed by atoms with Gasteiger partial charge < -0.3 is 9.84 Å². The first-order valence-corrected chi connectivity index (χ1v) is 4.86. The number of methoxy groups -OCH3 is 1. The van der Waals surface area contributed by atoms with Crippen molar-refractivity contribution in [1.29, 1.82) is 0 Å². The lowest BCUT2D eigenvalue weighted by molar-refractivity contribution is 0.272. The Hall–Kier alpha value is -1.02. The molecule has 1 unspecified atom stereocenters.